The van der Waals surface area contributed by atoms with Crippen LogP contribution in [0, 0.1) is 6.92 Å². The number of rotatable bonds is 2. The first-order chi connectivity index (χ1) is 12.6. The molecule has 0 aliphatic carbocycles. The maximum atomic E-state index is 6.03. The van der Waals surface area contributed by atoms with Gasteiger partial charge in [0.15, 0.2) is 0 Å². The molecule has 1 fully saturated rings. The van der Waals surface area contributed by atoms with E-state index >= 15 is 0 Å². The summed E-state index contributed by atoms with van der Waals surface area (Å²) >= 11 is 0. The molecule has 0 saturated carbocycles. The lowest BCUT2D eigenvalue weighted by Crippen LogP contribution is -2.36. The van der Waals surface area contributed by atoms with Gasteiger partial charge in [0, 0.05) is 36.5 Å². The molecule has 136 valence electrons. The third-order valence-electron chi connectivity index (χ3n) is 5.71. The highest BCUT2D eigenvalue weighted by atomic mass is 16.5. The standard InChI is InChI=1S/C19H24N6O/c1-11-9-26-16-8-14(20)7-15-18(16)25(11)19(23-15)24-5-3-13(4-6-24)17-12(2)21-10-22-17/h7-8,10-11,13H,3-6,9,20H2,1-2H3,(H,21,22)/t11-/m0/s1. The van der Waals surface area contributed by atoms with Gasteiger partial charge in [-0.1, -0.05) is 0 Å². The van der Waals surface area contributed by atoms with Crippen molar-refractivity contribution in [2.45, 2.75) is 38.6 Å². The number of H-pyrrole nitrogens is 1. The molecule has 5 rings (SSSR count). The van der Waals surface area contributed by atoms with Gasteiger partial charge < -0.3 is 24.9 Å². The Kier molecular flexibility index (Phi) is 3.38. The zero-order valence-electron chi connectivity index (χ0n) is 15.2. The molecule has 0 unspecified atom stereocenters. The van der Waals surface area contributed by atoms with Crippen LogP contribution in [0.4, 0.5) is 11.6 Å². The lowest BCUT2D eigenvalue weighted by atomic mass is 9.93. The summed E-state index contributed by atoms with van der Waals surface area (Å²) in [6, 6.07) is 4.11. The molecular formula is C19H24N6O. The molecule has 3 N–H and O–H groups in total. The number of nitrogens with zero attached hydrogens (tertiary/aromatic N) is 4. The maximum Gasteiger partial charge on any atom is 0.207 e. The predicted molar refractivity (Wildman–Crippen MR) is 102 cm³/mol. The molecule has 3 aromatic rings. The third-order valence-corrected chi connectivity index (χ3v) is 5.71. The van der Waals surface area contributed by atoms with E-state index in [4.69, 9.17) is 15.5 Å². The van der Waals surface area contributed by atoms with Gasteiger partial charge in [0.05, 0.1) is 23.6 Å². The Labute approximate surface area is 152 Å². The highest BCUT2D eigenvalue weighted by molar-refractivity contribution is 5.88. The van der Waals surface area contributed by atoms with Crippen molar-refractivity contribution < 1.29 is 4.74 Å². The van der Waals surface area contributed by atoms with Crippen LogP contribution in [0.3, 0.4) is 0 Å². The minimum absolute atomic E-state index is 0.262. The molecule has 4 heterocycles. The lowest BCUT2D eigenvalue weighted by Gasteiger charge is -2.34. The van der Waals surface area contributed by atoms with Gasteiger partial charge in [0.2, 0.25) is 5.95 Å². The Morgan fingerprint density at radius 2 is 2.08 bits per heavy atom. The summed E-state index contributed by atoms with van der Waals surface area (Å²) in [6.07, 6.45) is 3.99. The minimum atomic E-state index is 0.262. The summed E-state index contributed by atoms with van der Waals surface area (Å²) in [7, 11) is 0. The van der Waals surface area contributed by atoms with Crippen LogP contribution in [0.15, 0.2) is 18.5 Å². The van der Waals surface area contributed by atoms with Crippen molar-refractivity contribution in [3.05, 3.63) is 29.8 Å². The fraction of sp³-hybridized carbons (Fsp3) is 0.474. The van der Waals surface area contributed by atoms with E-state index in [1.807, 2.05) is 12.1 Å². The maximum absolute atomic E-state index is 6.03. The molecule has 0 spiro atoms. The quantitative estimate of drug-likeness (QED) is 0.693. The number of hydrogen-bond donors (Lipinski definition) is 2. The van der Waals surface area contributed by atoms with Crippen molar-refractivity contribution >= 4 is 22.7 Å². The summed E-state index contributed by atoms with van der Waals surface area (Å²) in [5.41, 5.74) is 11.1. The van der Waals surface area contributed by atoms with Gasteiger partial charge in [-0.3, -0.25) is 0 Å². The van der Waals surface area contributed by atoms with Crippen molar-refractivity contribution in [3.63, 3.8) is 0 Å². The molecule has 0 bridgehead atoms. The summed E-state index contributed by atoms with van der Waals surface area (Å²) < 4.78 is 8.22. The number of aryl methyl sites for hydroxylation is 1. The average Bonchev–Trinajstić information content (AvgIpc) is 3.23. The molecule has 26 heavy (non-hydrogen) atoms. The van der Waals surface area contributed by atoms with Crippen molar-refractivity contribution in [1.82, 2.24) is 19.5 Å². The largest absolute Gasteiger partial charge is 0.489 e. The van der Waals surface area contributed by atoms with Gasteiger partial charge in [0.1, 0.15) is 17.9 Å². The molecular weight excluding hydrogens is 328 g/mol. The monoisotopic (exact) mass is 352 g/mol. The van der Waals surface area contributed by atoms with E-state index in [1.165, 1.54) is 11.4 Å². The van der Waals surface area contributed by atoms with Gasteiger partial charge >= 0.3 is 0 Å². The number of imidazole rings is 2. The van der Waals surface area contributed by atoms with Crippen LogP contribution in [0.2, 0.25) is 0 Å². The first-order valence-electron chi connectivity index (χ1n) is 9.31. The summed E-state index contributed by atoms with van der Waals surface area (Å²) in [4.78, 5) is 15.1. The molecule has 7 heteroatoms. The molecule has 2 aliphatic heterocycles. The molecule has 1 atom stereocenters. The van der Waals surface area contributed by atoms with Gasteiger partial charge in [-0.25, -0.2) is 9.97 Å². The first kappa shape index (κ1) is 15.5. The Hall–Kier alpha value is -2.70. The van der Waals surface area contributed by atoms with Crippen molar-refractivity contribution in [2.24, 2.45) is 0 Å². The SMILES string of the molecule is Cc1[nH]cnc1C1CCN(c2nc3cc(N)cc4c3n2[C@@H](C)CO4)CC1. The number of aromatic amines is 1. The second kappa shape index (κ2) is 5.65. The number of nitrogen functional groups attached to an aromatic ring is 1. The number of hydrogen-bond acceptors (Lipinski definition) is 5. The van der Waals surface area contributed by atoms with Gasteiger partial charge in [0.25, 0.3) is 0 Å². The first-order valence-corrected chi connectivity index (χ1v) is 9.31. The van der Waals surface area contributed by atoms with Crippen LogP contribution >= 0.6 is 0 Å². The zero-order chi connectivity index (χ0) is 17.8. The predicted octanol–water partition coefficient (Wildman–Crippen LogP) is 2.99. The molecule has 7 nitrogen and oxygen atoms in total. The second-order valence-corrected chi connectivity index (χ2v) is 7.50. The van der Waals surface area contributed by atoms with E-state index in [0.717, 1.165) is 48.7 Å². The number of nitrogens with two attached hydrogens (primary N) is 1. The van der Waals surface area contributed by atoms with Crippen LogP contribution in [-0.2, 0) is 0 Å². The van der Waals surface area contributed by atoms with Gasteiger partial charge in [-0.2, -0.15) is 0 Å². The van der Waals surface area contributed by atoms with Crippen LogP contribution < -0.4 is 15.4 Å². The highest BCUT2D eigenvalue weighted by Crippen LogP contribution is 2.40. The number of ether oxygens (including phenoxy) is 1. The minimum Gasteiger partial charge on any atom is -0.489 e. The van der Waals surface area contributed by atoms with Crippen molar-refractivity contribution in [1.29, 1.82) is 0 Å². The highest BCUT2D eigenvalue weighted by Gasteiger charge is 2.30. The smallest absolute Gasteiger partial charge is 0.207 e. The Morgan fingerprint density at radius 3 is 2.81 bits per heavy atom. The van der Waals surface area contributed by atoms with Crippen LogP contribution in [0.1, 0.15) is 43.1 Å². The van der Waals surface area contributed by atoms with E-state index in [9.17, 15) is 0 Å². The lowest BCUT2D eigenvalue weighted by molar-refractivity contribution is 0.248. The van der Waals surface area contributed by atoms with Crippen LogP contribution in [0.25, 0.3) is 11.0 Å². The molecule has 2 aliphatic rings. The normalized spacial score (nSPS) is 20.5. The summed E-state index contributed by atoms with van der Waals surface area (Å²) in [5, 5.41) is 0. The van der Waals surface area contributed by atoms with Crippen molar-refractivity contribution in [3.8, 4) is 5.75 Å². The van der Waals surface area contributed by atoms with Gasteiger partial charge in [-0.15, -0.1) is 0 Å². The second-order valence-electron chi connectivity index (χ2n) is 7.50. The summed E-state index contributed by atoms with van der Waals surface area (Å²) in [5.74, 6) is 2.41. The molecule has 1 saturated heterocycles. The Morgan fingerprint density at radius 1 is 1.27 bits per heavy atom. The van der Waals surface area contributed by atoms with E-state index in [1.54, 1.807) is 6.33 Å². The molecule has 2 aromatic heterocycles. The number of aromatic nitrogens is 4. The topological polar surface area (TPSA) is 85.0 Å². The number of benzene rings is 1. The van der Waals surface area contributed by atoms with Crippen LogP contribution in [-0.4, -0.2) is 39.2 Å². The number of nitrogens with one attached hydrogen (secondary N) is 1. The molecule has 0 amide bonds. The Balaban J connectivity index is 1.48. The fourth-order valence-electron chi connectivity index (χ4n) is 4.37. The van der Waals surface area contributed by atoms with Crippen LogP contribution in [0.5, 0.6) is 5.75 Å². The zero-order valence-corrected chi connectivity index (χ0v) is 15.2. The van der Waals surface area contributed by atoms with E-state index in [-0.39, 0.29) is 6.04 Å². The molecule has 1 aromatic carbocycles. The third kappa shape index (κ3) is 2.26. The van der Waals surface area contributed by atoms with Crippen molar-refractivity contribution in [2.75, 3.05) is 30.3 Å². The van der Waals surface area contributed by atoms with E-state index in [0.29, 0.717) is 18.2 Å². The Bertz CT molecular complexity index is 966. The fourth-order valence-corrected chi connectivity index (χ4v) is 4.37. The van der Waals surface area contributed by atoms with Gasteiger partial charge in [-0.05, 0) is 32.8 Å². The van der Waals surface area contributed by atoms with E-state index < -0.39 is 0 Å². The van der Waals surface area contributed by atoms with E-state index in [2.05, 4.69) is 33.3 Å². The summed E-state index contributed by atoms with van der Waals surface area (Å²) in [6.45, 7) is 6.91. The number of piperidine rings is 1. The average molecular weight is 352 g/mol. The molecule has 0 radical (unpaired) electrons. The number of anilines is 2.